The van der Waals surface area contributed by atoms with Crippen molar-refractivity contribution in [3.8, 4) is 5.75 Å². The molecule has 0 atom stereocenters. The first-order chi connectivity index (χ1) is 16.3. The number of hydrogen-bond acceptors (Lipinski definition) is 7. The van der Waals surface area contributed by atoms with Crippen LogP contribution in [0.3, 0.4) is 0 Å². The van der Waals surface area contributed by atoms with Gasteiger partial charge in [-0.25, -0.2) is 18.2 Å². The normalized spacial score (nSPS) is 11.2. The number of amides is 1. The van der Waals surface area contributed by atoms with E-state index in [0.717, 1.165) is 33.7 Å². The van der Waals surface area contributed by atoms with Gasteiger partial charge in [0.2, 0.25) is 10.0 Å². The van der Waals surface area contributed by atoms with Gasteiger partial charge in [-0.2, -0.15) is 4.31 Å². The number of anilines is 3. The summed E-state index contributed by atoms with van der Waals surface area (Å²) in [5.74, 6) is 0.340. The monoisotopic (exact) mass is 477 g/mol. The number of rotatable bonds is 7. The summed E-state index contributed by atoms with van der Waals surface area (Å²) >= 11 is 0. The van der Waals surface area contributed by atoms with E-state index in [-0.39, 0.29) is 12.3 Å². The second-order valence-electron chi connectivity index (χ2n) is 7.42. The number of aromatic nitrogens is 1. The molecule has 0 fully saturated rings. The van der Waals surface area contributed by atoms with Gasteiger partial charge in [0.25, 0.3) is 0 Å². The van der Waals surface area contributed by atoms with E-state index in [1.807, 2.05) is 48.5 Å². The number of para-hydroxylation sites is 2. The first-order valence-electron chi connectivity index (χ1n) is 10.3. The molecule has 0 bridgehead atoms. The van der Waals surface area contributed by atoms with E-state index < -0.39 is 16.1 Å². The first-order valence-corrected chi connectivity index (χ1v) is 12.2. The molecule has 8 nitrogen and oxygen atoms in total. The number of nitrogens with one attached hydrogen (secondary N) is 1. The minimum atomic E-state index is -3.96. The zero-order valence-corrected chi connectivity index (χ0v) is 19.5. The number of sulfonamides is 1. The Morgan fingerprint density at radius 1 is 1.06 bits per heavy atom. The smallest absolute Gasteiger partial charge is 0.428 e. The lowest BCUT2D eigenvalue weighted by Gasteiger charge is -2.21. The molecule has 34 heavy (non-hydrogen) atoms. The molecule has 1 N–H and O–H groups in total. The van der Waals surface area contributed by atoms with E-state index in [2.05, 4.69) is 11.9 Å². The van der Waals surface area contributed by atoms with E-state index in [4.69, 9.17) is 14.5 Å². The summed E-state index contributed by atoms with van der Waals surface area (Å²) < 4.78 is 35.8. The van der Waals surface area contributed by atoms with Gasteiger partial charge in [-0.15, -0.1) is 0 Å². The van der Waals surface area contributed by atoms with Crippen molar-refractivity contribution in [2.75, 3.05) is 29.6 Å². The lowest BCUT2D eigenvalue weighted by atomic mass is 10.1. The van der Waals surface area contributed by atoms with Crippen molar-refractivity contribution in [1.82, 2.24) is 4.98 Å². The fourth-order valence-corrected chi connectivity index (χ4v) is 4.46. The van der Waals surface area contributed by atoms with Gasteiger partial charge in [0.05, 0.1) is 41.5 Å². The van der Waals surface area contributed by atoms with Crippen molar-refractivity contribution in [2.45, 2.75) is 0 Å². The van der Waals surface area contributed by atoms with Crippen LogP contribution >= 0.6 is 0 Å². The summed E-state index contributed by atoms with van der Waals surface area (Å²) in [7, 11) is -2.50. The molecule has 0 aliphatic heterocycles. The van der Waals surface area contributed by atoms with Crippen LogP contribution in [0.15, 0.2) is 79.4 Å². The highest BCUT2D eigenvalue weighted by Crippen LogP contribution is 2.38. The molecule has 4 rings (SSSR count). The molecule has 0 spiro atoms. The number of carbonyl (C=O) groups is 1. The lowest BCUT2D eigenvalue weighted by Crippen LogP contribution is -2.36. The van der Waals surface area contributed by atoms with Gasteiger partial charge in [-0.05, 0) is 24.3 Å². The lowest BCUT2D eigenvalue weighted by molar-refractivity contribution is 0.170. The van der Waals surface area contributed by atoms with Crippen LogP contribution < -0.4 is 14.4 Å². The molecular weight excluding hydrogens is 454 g/mol. The minimum Gasteiger partial charge on any atom is -0.494 e. The summed E-state index contributed by atoms with van der Waals surface area (Å²) in [6.45, 7) is 3.35. The van der Waals surface area contributed by atoms with E-state index in [0.29, 0.717) is 15.7 Å². The van der Waals surface area contributed by atoms with Gasteiger partial charge in [-0.1, -0.05) is 49.1 Å². The van der Waals surface area contributed by atoms with Crippen LogP contribution in [0.25, 0.3) is 21.8 Å². The summed E-state index contributed by atoms with van der Waals surface area (Å²) in [6, 6.07) is 20.2. The molecule has 174 valence electrons. The molecule has 9 heteroatoms. The molecular formula is C25H23N3O5S. The Morgan fingerprint density at radius 3 is 2.24 bits per heavy atom. The summed E-state index contributed by atoms with van der Waals surface area (Å²) in [5.41, 5.74) is 3.15. The third-order valence-electron chi connectivity index (χ3n) is 5.09. The van der Waals surface area contributed by atoms with Crippen LogP contribution in [0.1, 0.15) is 0 Å². The van der Waals surface area contributed by atoms with Gasteiger partial charge in [0, 0.05) is 16.8 Å². The number of carbonyl (C=O) groups excluding carboxylic acids is 1. The van der Waals surface area contributed by atoms with Crippen LogP contribution in [0, 0.1) is 0 Å². The standard InChI is InChI=1S/C25H23N3O5S/c1-4-15-33-25(29)28(34(3,30)31)17-13-14-22(23(16-17)32-2)27-24-18-9-5-7-11-20(18)26-21-12-8-6-10-19(21)24/h4-14,16H,1,15H2,2-3H3,(H,26,27). The molecule has 0 unspecified atom stereocenters. The molecule has 0 saturated heterocycles. The number of nitrogens with zero attached hydrogens (tertiary/aromatic N) is 2. The quantitative estimate of drug-likeness (QED) is 0.287. The molecule has 0 aliphatic carbocycles. The highest BCUT2D eigenvalue weighted by molar-refractivity contribution is 7.92. The maximum absolute atomic E-state index is 12.4. The fraction of sp³-hybridized carbons (Fsp3) is 0.120. The number of ether oxygens (including phenoxy) is 2. The van der Waals surface area contributed by atoms with Crippen LogP contribution in [0.2, 0.25) is 0 Å². The summed E-state index contributed by atoms with van der Waals surface area (Å²) in [4.78, 5) is 17.2. The van der Waals surface area contributed by atoms with Gasteiger partial charge < -0.3 is 14.8 Å². The average Bonchev–Trinajstić information content (AvgIpc) is 2.82. The molecule has 1 amide bonds. The number of methoxy groups -OCH3 is 1. The molecule has 1 heterocycles. The molecule has 4 aromatic rings. The Labute approximate surface area is 197 Å². The van der Waals surface area contributed by atoms with Gasteiger partial charge >= 0.3 is 6.09 Å². The molecule has 3 aromatic carbocycles. The van der Waals surface area contributed by atoms with Gasteiger partial charge in [-0.3, -0.25) is 0 Å². The molecule has 0 aliphatic rings. The van der Waals surface area contributed by atoms with Crippen LogP contribution in [-0.2, 0) is 14.8 Å². The Balaban J connectivity index is 1.81. The number of fused-ring (bicyclic) bond motifs is 2. The van der Waals surface area contributed by atoms with Crippen molar-refractivity contribution in [1.29, 1.82) is 0 Å². The largest absolute Gasteiger partial charge is 0.494 e. The predicted molar refractivity (Wildman–Crippen MR) is 134 cm³/mol. The minimum absolute atomic E-state index is 0.0865. The zero-order chi connectivity index (χ0) is 24.3. The number of benzene rings is 3. The predicted octanol–water partition coefficient (Wildman–Crippen LogP) is 5.23. The Hall–Kier alpha value is -4.11. The molecule has 1 aromatic heterocycles. The summed E-state index contributed by atoms with van der Waals surface area (Å²) in [6.07, 6.45) is 1.25. The van der Waals surface area contributed by atoms with Crippen molar-refractivity contribution in [2.24, 2.45) is 0 Å². The SMILES string of the molecule is C=CCOC(=O)N(c1ccc(Nc2c3ccccc3nc3ccccc23)c(OC)c1)S(C)(=O)=O. The molecule has 0 saturated carbocycles. The Kier molecular flexibility index (Phi) is 6.38. The van der Waals surface area contributed by atoms with Crippen LogP contribution in [0.5, 0.6) is 5.75 Å². The maximum atomic E-state index is 12.4. The molecule has 0 radical (unpaired) electrons. The van der Waals surface area contributed by atoms with Crippen LogP contribution in [-0.4, -0.2) is 39.5 Å². The maximum Gasteiger partial charge on any atom is 0.428 e. The van der Waals surface area contributed by atoms with E-state index in [1.165, 1.54) is 25.3 Å². The summed E-state index contributed by atoms with van der Waals surface area (Å²) in [5, 5.41) is 5.25. The van der Waals surface area contributed by atoms with Crippen LogP contribution in [0.4, 0.5) is 21.9 Å². The topological polar surface area (TPSA) is 97.8 Å². The van der Waals surface area contributed by atoms with Crippen molar-refractivity contribution in [3.63, 3.8) is 0 Å². The Bertz CT molecular complexity index is 1450. The average molecular weight is 478 g/mol. The number of hydrogen-bond donors (Lipinski definition) is 1. The highest BCUT2D eigenvalue weighted by atomic mass is 32.2. The zero-order valence-electron chi connectivity index (χ0n) is 18.7. The third-order valence-corrected chi connectivity index (χ3v) is 6.11. The number of pyridine rings is 1. The van der Waals surface area contributed by atoms with E-state index in [9.17, 15) is 13.2 Å². The fourth-order valence-electron chi connectivity index (χ4n) is 3.64. The van der Waals surface area contributed by atoms with Crippen molar-refractivity contribution >= 4 is 55.0 Å². The van der Waals surface area contributed by atoms with E-state index >= 15 is 0 Å². The Morgan fingerprint density at radius 2 is 1.68 bits per heavy atom. The van der Waals surface area contributed by atoms with Crippen molar-refractivity contribution in [3.05, 3.63) is 79.4 Å². The second kappa shape index (κ2) is 9.40. The third kappa shape index (κ3) is 4.51. The van der Waals surface area contributed by atoms with Gasteiger partial charge in [0.1, 0.15) is 12.4 Å². The highest BCUT2D eigenvalue weighted by Gasteiger charge is 2.28. The second-order valence-corrected chi connectivity index (χ2v) is 9.25. The van der Waals surface area contributed by atoms with Crippen molar-refractivity contribution < 1.29 is 22.7 Å². The first kappa shape index (κ1) is 23.1. The van der Waals surface area contributed by atoms with E-state index in [1.54, 1.807) is 6.07 Å². The van der Waals surface area contributed by atoms with Gasteiger partial charge in [0.15, 0.2) is 0 Å².